The van der Waals surface area contributed by atoms with Gasteiger partial charge in [0.25, 0.3) is 0 Å². The van der Waals surface area contributed by atoms with Gasteiger partial charge in [-0.15, -0.1) is 0 Å². The van der Waals surface area contributed by atoms with E-state index in [1.165, 1.54) is 0 Å². The molecule has 0 bridgehead atoms. The van der Waals surface area contributed by atoms with Gasteiger partial charge in [-0.25, -0.2) is 0 Å². The Morgan fingerprint density at radius 1 is 1.05 bits per heavy atom. The van der Waals surface area contributed by atoms with E-state index in [9.17, 15) is 4.79 Å². The lowest BCUT2D eigenvalue weighted by Crippen LogP contribution is -2.19. The van der Waals surface area contributed by atoms with Gasteiger partial charge in [-0.05, 0) is 19.8 Å². The normalized spacial score (nSPS) is 10.0. The van der Waals surface area contributed by atoms with Gasteiger partial charge < -0.3 is 20.1 Å². The highest BCUT2D eigenvalue weighted by Gasteiger charge is 2.09. The first-order chi connectivity index (χ1) is 10.2. The second-order valence-corrected chi connectivity index (χ2v) is 4.20. The predicted octanol–water partition coefficient (Wildman–Crippen LogP) is 1.46. The van der Waals surface area contributed by atoms with E-state index < -0.39 is 0 Å². The van der Waals surface area contributed by atoms with Gasteiger partial charge in [-0.2, -0.15) is 15.0 Å². The molecular weight excluding hydrogens is 274 g/mol. The number of rotatable bonds is 10. The molecular formula is C13H23N5O3. The average Bonchev–Trinajstić information content (AvgIpc) is 2.49. The maximum absolute atomic E-state index is 11.3. The van der Waals surface area contributed by atoms with E-state index in [1.807, 2.05) is 13.8 Å². The number of carbonyl (C=O) groups is 1. The van der Waals surface area contributed by atoms with E-state index in [1.54, 1.807) is 6.92 Å². The van der Waals surface area contributed by atoms with Crippen LogP contribution in [0, 0.1) is 0 Å². The minimum Gasteiger partial charge on any atom is -0.465 e. The summed E-state index contributed by atoms with van der Waals surface area (Å²) in [5.74, 6) is 0.337. The molecule has 0 aromatic carbocycles. The number of ether oxygens (including phenoxy) is 2. The highest BCUT2D eigenvalue weighted by atomic mass is 16.5. The van der Waals surface area contributed by atoms with E-state index in [4.69, 9.17) is 9.47 Å². The van der Waals surface area contributed by atoms with Crippen molar-refractivity contribution < 1.29 is 14.3 Å². The van der Waals surface area contributed by atoms with Crippen molar-refractivity contribution in [3.05, 3.63) is 0 Å². The van der Waals surface area contributed by atoms with Crippen molar-refractivity contribution in [3.63, 3.8) is 0 Å². The van der Waals surface area contributed by atoms with Crippen molar-refractivity contribution in [1.29, 1.82) is 0 Å². The van der Waals surface area contributed by atoms with Gasteiger partial charge in [0.05, 0.1) is 13.2 Å². The Hall–Kier alpha value is -2.12. The summed E-state index contributed by atoms with van der Waals surface area (Å²) in [5.41, 5.74) is 0. The molecule has 2 N–H and O–H groups in total. The average molecular weight is 297 g/mol. The van der Waals surface area contributed by atoms with Crippen LogP contribution < -0.4 is 15.4 Å². The molecule has 1 aromatic heterocycles. The molecule has 0 aliphatic carbocycles. The minimum absolute atomic E-state index is 0.00170. The fourth-order valence-corrected chi connectivity index (χ4v) is 1.37. The number of hydrogen-bond donors (Lipinski definition) is 2. The standard InChI is InChI=1S/C13H23N5O3/c1-4-7-14-11-16-12(15-9-10(19)20-6-3)18-13(17-11)21-8-5-2/h4-9H2,1-3H3,(H2,14,15,16,17,18). The molecule has 0 spiro atoms. The van der Waals surface area contributed by atoms with Crippen LogP contribution in [0.5, 0.6) is 6.01 Å². The smallest absolute Gasteiger partial charge is 0.325 e. The number of nitrogens with zero attached hydrogens (tertiary/aromatic N) is 3. The monoisotopic (exact) mass is 297 g/mol. The van der Waals surface area contributed by atoms with Gasteiger partial charge in [0.1, 0.15) is 6.54 Å². The second kappa shape index (κ2) is 9.73. The van der Waals surface area contributed by atoms with Crippen LogP contribution in [0.4, 0.5) is 11.9 Å². The Morgan fingerprint density at radius 2 is 1.76 bits per heavy atom. The molecule has 0 amide bonds. The molecule has 0 fully saturated rings. The van der Waals surface area contributed by atoms with Crippen LogP contribution in [-0.2, 0) is 9.53 Å². The summed E-state index contributed by atoms with van der Waals surface area (Å²) >= 11 is 0. The van der Waals surface area contributed by atoms with E-state index >= 15 is 0 Å². The van der Waals surface area contributed by atoms with Crippen LogP contribution >= 0.6 is 0 Å². The zero-order chi connectivity index (χ0) is 15.5. The van der Waals surface area contributed by atoms with Crippen molar-refractivity contribution in [1.82, 2.24) is 15.0 Å². The van der Waals surface area contributed by atoms with Crippen molar-refractivity contribution in [2.24, 2.45) is 0 Å². The molecule has 0 radical (unpaired) electrons. The highest BCUT2D eigenvalue weighted by Crippen LogP contribution is 2.11. The van der Waals surface area contributed by atoms with Crippen molar-refractivity contribution in [2.45, 2.75) is 33.6 Å². The van der Waals surface area contributed by atoms with Crippen molar-refractivity contribution in [2.75, 3.05) is 36.9 Å². The summed E-state index contributed by atoms with van der Waals surface area (Å²) in [6.45, 7) is 7.40. The summed E-state index contributed by atoms with van der Waals surface area (Å²) in [6.07, 6.45) is 1.80. The molecule has 0 saturated carbocycles. The Morgan fingerprint density at radius 3 is 2.38 bits per heavy atom. The van der Waals surface area contributed by atoms with Gasteiger partial charge in [0, 0.05) is 6.54 Å². The lowest BCUT2D eigenvalue weighted by molar-refractivity contribution is -0.140. The summed E-state index contributed by atoms with van der Waals surface area (Å²) in [5, 5.41) is 5.87. The lowest BCUT2D eigenvalue weighted by Gasteiger charge is -2.09. The molecule has 8 heteroatoms. The summed E-state index contributed by atoms with van der Waals surface area (Å²) in [6, 6.07) is 0.233. The molecule has 0 atom stereocenters. The Bertz CT molecular complexity index is 416. The number of carbonyl (C=O) groups excluding carboxylic acids is 1. The largest absolute Gasteiger partial charge is 0.465 e. The fraction of sp³-hybridized carbons (Fsp3) is 0.692. The first-order valence-electron chi connectivity index (χ1n) is 7.21. The minimum atomic E-state index is -0.364. The van der Waals surface area contributed by atoms with E-state index in [2.05, 4.69) is 25.6 Å². The maximum atomic E-state index is 11.3. The summed E-state index contributed by atoms with van der Waals surface area (Å²) in [7, 11) is 0. The van der Waals surface area contributed by atoms with Gasteiger partial charge >= 0.3 is 12.0 Å². The number of hydrogen-bond acceptors (Lipinski definition) is 8. The summed E-state index contributed by atoms with van der Waals surface area (Å²) in [4.78, 5) is 23.8. The number of esters is 1. The van der Waals surface area contributed by atoms with Gasteiger partial charge in [-0.3, -0.25) is 4.79 Å². The van der Waals surface area contributed by atoms with Gasteiger partial charge in [-0.1, -0.05) is 13.8 Å². The lowest BCUT2D eigenvalue weighted by atomic mass is 10.5. The van der Waals surface area contributed by atoms with Crippen LogP contribution in [0.15, 0.2) is 0 Å². The van der Waals surface area contributed by atoms with Crippen LogP contribution in [0.3, 0.4) is 0 Å². The third-order valence-corrected chi connectivity index (χ3v) is 2.28. The third-order valence-electron chi connectivity index (χ3n) is 2.28. The highest BCUT2D eigenvalue weighted by molar-refractivity contribution is 5.74. The Kier molecular flexibility index (Phi) is 7.85. The first kappa shape index (κ1) is 16.9. The summed E-state index contributed by atoms with van der Waals surface area (Å²) < 4.78 is 10.2. The maximum Gasteiger partial charge on any atom is 0.325 e. The number of nitrogens with one attached hydrogen (secondary N) is 2. The zero-order valence-electron chi connectivity index (χ0n) is 12.8. The van der Waals surface area contributed by atoms with E-state index in [0.29, 0.717) is 19.2 Å². The molecule has 21 heavy (non-hydrogen) atoms. The fourth-order valence-electron chi connectivity index (χ4n) is 1.37. The third kappa shape index (κ3) is 6.73. The molecule has 1 aromatic rings. The molecule has 118 valence electrons. The second-order valence-electron chi connectivity index (χ2n) is 4.20. The molecule has 0 aliphatic rings. The quantitative estimate of drug-likeness (QED) is 0.626. The molecule has 0 unspecified atom stereocenters. The molecule has 8 nitrogen and oxygen atoms in total. The first-order valence-corrected chi connectivity index (χ1v) is 7.21. The van der Waals surface area contributed by atoms with Crippen molar-refractivity contribution >= 4 is 17.9 Å². The van der Waals surface area contributed by atoms with Crippen LogP contribution in [-0.4, -0.2) is 47.2 Å². The molecule has 1 heterocycles. The van der Waals surface area contributed by atoms with Crippen LogP contribution in [0.2, 0.25) is 0 Å². The SMILES string of the molecule is CCCNc1nc(NCC(=O)OCC)nc(OCCC)n1. The van der Waals surface area contributed by atoms with E-state index in [0.717, 1.165) is 19.4 Å². The molecule has 1 rings (SSSR count). The number of anilines is 2. The Balaban J connectivity index is 2.72. The molecule has 0 aliphatic heterocycles. The van der Waals surface area contributed by atoms with Crippen LogP contribution in [0.1, 0.15) is 33.6 Å². The van der Waals surface area contributed by atoms with Crippen LogP contribution in [0.25, 0.3) is 0 Å². The van der Waals surface area contributed by atoms with Gasteiger partial charge in [0.15, 0.2) is 0 Å². The topological polar surface area (TPSA) is 98.3 Å². The van der Waals surface area contributed by atoms with Crippen molar-refractivity contribution in [3.8, 4) is 6.01 Å². The number of aromatic nitrogens is 3. The predicted molar refractivity (Wildman–Crippen MR) is 79.5 cm³/mol. The zero-order valence-corrected chi connectivity index (χ0v) is 12.8. The van der Waals surface area contributed by atoms with Gasteiger partial charge in [0.2, 0.25) is 11.9 Å². The Labute approximate surface area is 124 Å². The molecule has 0 saturated heterocycles. The van der Waals surface area contributed by atoms with E-state index in [-0.39, 0.29) is 24.5 Å².